The van der Waals surface area contributed by atoms with Crippen LogP contribution in [0.3, 0.4) is 0 Å². The third-order valence-corrected chi connectivity index (χ3v) is 4.22. The van der Waals surface area contributed by atoms with E-state index in [1.165, 1.54) is 25.1 Å². The van der Waals surface area contributed by atoms with Crippen LogP contribution < -0.4 is 0 Å². The lowest BCUT2D eigenvalue weighted by molar-refractivity contribution is -0.276. The van der Waals surface area contributed by atoms with E-state index in [4.69, 9.17) is 9.47 Å². The van der Waals surface area contributed by atoms with E-state index in [0.717, 1.165) is 19.2 Å². The summed E-state index contributed by atoms with van der Waals surface area (Å²) in [6, 6.07) is 6.32. The molecule has 1 aromatic rings. The molecule has 0 saturated carbocycles. The second kappa shape index (κ2) is 9.18. The average molecular weight is 432 g/mol. The minimum Gasteiger partial charge on any atom is -0.460 e. The minimum atomic E-state index is -5.12. The number of carbonyl (C=O) groups is 2. The van der Waals surface area contributed by atoms with Crippen LogP contribution in [0.25, 0.3) is 0 Å². The Labute approximate surface area is 173 Å². The highest BCUT2D eigenvalue weighted by atomic mass is 19.4. The molecule has 0 bridgehead atoms. The summed E-state index contributed by atoms with van der Waals surface area (Å²) in [4.78, 5) is 24.4. The number of benzene rings is 1. The Balaban J connectivity index is 2.99. The second-order valence-electron chi connectivity index (χ2n) is 7.97. The number of carbonyl (C=O) groups excluding carboxylic acids is 2. The van der Waals surface area contributed by atoms with Crippen molar-refractivity contribution in [2.45, 2.75) is 57.1 Å². The van der Waals surface area contributed by atoms with Gasteiger partial charge in [0.2, 0.25) is 0 Å². The second-order valence-corrected chi connectivity index (χ2v) is 7.97. The molecule has 0 aliphatic heterocycles. The third kappa shape index (κ3) is 6.06. The van der Waals surface area contributed by atoms with E-state index in [0.29, 0.717) is 0 Å². The summed E-state index contributed by atoms with van der Waals surface area (Å²) in [5.74, 6) is -2.47. The van der Waals surface area contributed by atoms with Crippen LogP contribution in [-0.4, -0.2) is 48.1 Å². The van der Waals surface area contributed by atoms with Crippen LogP contribution in [0.15, 0.2) is 42.5 Å². The summed E-state index contributed by atoms with van der Waals surface area (Å²) in [5, 5.41) is 10.5. The summed E-state index contributed by atoms with van der Waals surface area (Å²) in [7, 11) is 0.745. The van der Waals surface area contributed by atoms with Crippen molar-refractivity contribution >= 4 is 11.9 Å². The zero-order chi connectivity index (χ0) is 23.4. The number of halogens is 3. The van der Waals surface area contributed by atoms with Gasteiger partial charge in [-0.25, -0.2) is 4.79 Å². The predicted molar refractivity (Wildman–Crippen MR) is 102 cm³/mol. The molecule has 2 atom stereocenters. The largest absolute Gasteiger partial charge is 0.460 e. The lowest BCUT2D eigenvalue weighted by Gasteiger charge is -2.33. The summed E-state index contributed by atoms with van der Waals surface area (Å²) < 4.78 is 56.1. The lowest BCUT2D eigenvalue weighted by atomic mass is 9.92. The molecule has 0 saturated heterocycles. The van der Waals surface area contributed by atoms with Gasteiger partial charge < -0.3 is 19.3 Å². The van der Waals surface area contributed by atoms with Crippen molar-refractivity contribution in [1.29, 1.82) is 0 Å². The maximum atomic E-state index is 13.8. The van der Waals surface area contributed by atoms with Gasteiger partial charge in [0.1, 0.15) is 12.2 Å². The standard InChI is InChI=1S/C21H27F3O6/c1-14(19(5,27)12-16(25)30-18(2,3)4)13-29-17(26)20(28-6,21(22,23)24)15-10-8-7-9-11-15/h7-11,27H,1,12-13H2,2-6H3/t19?,20-/m0/s1. The molecule has 0 amide bonds. The number of rotatable bonds is 8. The molecule has 1 aromatic carbocycles. The van der Waals surface area contributed by atoms with E-state index in [1.807, 2.05) is 0 Å². The molecule has 0 fully saturated rings. The van der Waals surface area contributed by atoms with Gasteiger partial charge in [-0.1, -0.05) is 36.9 Å². The molecular formula is C21H27F3O6. The Morgan fingerprint density at radius 2 is 1.60 bits per heavy atom. The van der Waals surface area contributed by atoms with Crippen LogP contribution in [0.4, 0.5) is 13.2 Å². The molecular weight excluding hydrogens is 405 g/mol. The van der Waals surface area contributed by atoms with Crippen LogP contribution in [0.1, 0.15) is 39.7 Å². The van der Waals surface area contributed by atoms with Crippen molar-refractivity contribution in [3.63, 3.8) is 0 Å². The molecule has 0 heterocycles. The number of ether oxygens (including phenoxy) is 3. The number of hydrogen-bond donors (Lipinski definition) is 1. The molecule has 0 aliphatic carbocycles. The zero-order valence-electron chi connectivity index (χ0n) is 17.6. The van der Waals surface area contributed by atoms with Crippen molar-refractivity contribution in [2.24, 2.45) is 0 Å². The van der Waals surface area contributed by atoms with Crippen molar-refractivity contribution in [2.75, 3.05) is 13.7 Å². The first-order valence-corrected chi connectivity index (χ1v) is 9.04. The maximum Gasteiger partial charge on any atom is 0.432 e. The topological polar surface area (TPSA) is 82.1 Å². The molecule has 6 nitrogen and oxygen atoms in total. The smallest absolute Gasteiger partial charge is 0.432 e. The fourth-order valence-corrected chi connectivity index (χ4v) is 2.58. The first-order valence-electron chi connectivity index (χ1n) is 9.04. The Morgan fingerprint density at radius 3 is 2.03 bits per heavy atom. The normalized spacial score (nSPS) is 16.2. The van der Waals surface area contributed by atoms with E-state index >= 15 is 0 Å². The van der Waals surface area contributed by atoms with Gasteiger partial charge in [0.25, 0.3) is 5.60 Å². The van der Waals surface area contributed by atoms with E-state index in [2.05, 4.69) is 11.3 Å². The summed E-state index contributed by atoms with van der Waals surface area (Å²) >= 11 is 0. The van der Waals surface area contributed by atoms with Gasteiger partial charge in [-0.3, -0.25) is 4.79 Å². The van der Waals surface area contributed by atoms with Gasteiger partial charge in [0.15, 0.2) is 0 Å². The van der Waals surface area contributed by atoms with Gasteiger partial charge >= 0.3 is 18.1 Å². The number of hydrogen-bond acceptors (Lipinski definition) is 6. The monoisotopic (exact) mass is 432 g/mol. The Hall–Kier alpha value is -2.39. The quantitative estimate of drug-likeness (QED) is 0.499. The van der Waals surface area contributed by atoms with E-state index in [-0.39, 0.29) is 5.57 Å². The first kappa shape index (κ1) is 25.6. The van der Waals surface area contributed by atoms with Crippen molar-refractivity contribution < 1.29 is 42.1 Å². The van der Waals surface area contributed by atoms with Crippen molar-refractivity contribution in [1.82, 2.24) is 0 Å². The Morgan fingerprint density at radius 1 is 1.07 bits per heavy atom. The summed E-state index contributed by atoms with van der Waals surface area (Å²) in [5.41, 5.74) is -6.66. The molecule has 0 aliphatic rings. The third-order valence-electron chi connectivity index (χ3n) is 4.22. The lowest BCUT2D eigenvalue weighted by Crippen LogP contribution is -2.52. The molecule has 30 heavy (non-hydrogen) atoms. The van der Waals surface area contributed by atoms with Crippen LogP contribution in [-0.2, 0) is 29.4 Å². The SMILES string of the molecule is C=C(COC(=O)[C@@](OC)(c1ccccc1)C(F)(F)F)C(C)(O)CC(=O)OC(C)(C)C. The average Bonchev–Trinajstić information content (AvgIpc) is 2.58. The maximum absolute atomic E-state index is 13.8. The molecule has 1 unspecified atom stereocenters. The molecule has 1 rings (SSSR count). The number of esters is 2. The van der Waals surface area contributed by atoms with Gasteiger partial charge in [-0.05, 0) is 33.3 Å². The van der Waals surface area contributed by atoms with Gasteiger partial charge in [0.05, 0.1) is 12.0 Å². The van der Waals surface area contributed by atoms with Crippen molar-refractivity contribution in [3.05, 3.63) is 48.0 Å². The molecule has 0 aromatic heterocycles. The number of alkyl halides is 3. The van der Waals surface area contributed by atoms with Gasteiger partial charge in [-0.15, -0.1) is 0 Å². The Bertz CT molecular complexity index is 765. The van der Waals surface area contributed by atoms with Crippen LogP contribution in [0.5, 0.6) is 0 Å². The summed E-state index contributed by atoms with van der Waals surface area (Å²) in [6.07, 6.45) is -5.64. The highest BCUT2D eigenvalue weighted by Crippen LogP contribution is 2.43. The van der Waals surface area contributed by atoms with Crippen LogP contribution in [0, 0.1) is 0 Å². The van der Waals surface area contributed by atoms with E-state index in [9.17, 15) is 27.9 Å². The fourth-order valence-electron chi connectivity index (χ4n) is 2.58. The molecule has 9 heteroatoms. The molecule has 0 radical (unpaired) electrons. The molecule has 1 N–H and O–H groups in total. The molecule has 168 valence electrons. The highest BCUT2D eigenvalue weighted by Gasteiger charge is 2.64. The number of aliphatic hydroxyl groups is 1. The predicted octanol–water partition coefficient (Wildman–Crippen LogP) is 3.67. The minimum absolute atomic E-state index is 0.179. The zero-order valence-corrected chi connectivity index (χ0v) is 17.6. The van der Waals surface area contributed by atoms with Crippen LogP contribution >= 0.6 is 0 Å². The highest BCUT2D eigenvalue weighted by molar-refractivity contribution is 5.83. The van der Waals surface area contributed by atoms with E-state index < -0.39 is 53.5 Å². The van der Waals surface area contributed by atoms with Gasteiger partial charge in [0, 0.05) is 12.7 Å². The van der Waals surface area contributed by atoms with Gasteiger partial charge in [-0.2, -0.15) is 13.2 Å². The number of methoxy groups -OCH3 is 1. The fraction of sp³-hybridized carbons (Fsp3) is 0.524. The first-order chi connectivity index (χ1) is 13.6. The molecule has 0 spiro atoms. The van der Waals surface area contributed by atoms with Crippen molar-refractivity contribution in [3.8, 4) is 0 Å². The van der Waals surface area contributed by atoms with E-state index in [1.54, 1.807) is 20.8 Å². The van der Waals surface area contributed by atoms with Crippen LogP contribution in [0.2, 0.25) is 0 Å². The Kier molecular flexibility index (Phi) is 7.85. The summed E-state index contributed by atoms with van der Waals surface area (Å²) in [6.45, 7) is 8.91.